The Hall–Kier alpha value is -0.870. The summed E-state index contributed by atoms with van der Waals surface area (Å²) in [6.07, 6.45) is 1.52. The molecule has 1 N–H and O–H groups in total. The largest absolute Gasteiger partial charge is 0.349 e. The topological polar surface area (TPSA) is 32.3 Å². The molecule has 102 valence electrons. The Morgan fingerprint density at radius 2 is 2.17 bits per heavy atom. The molecule has 4 heteroatoms. The van der Waals surface area contributed by atoms with Crippen molar-refractivity contribution in [3.05, 3.63) is 22.4 Å². The molecule has 0 saturated heterocycles. The van der Waals surface area contributed by atoms with Gasteiger partial charge in [-0.25, -0.2) is 0 Å². The van der Waals surface area contributed by atoms with Crippen LogP contribution in [0.2, 0.25) is 0 Å². The molecular weight excluding hydrogens is 244 g/mol. The van der Waals surface area contributed by atoms with E-state index < -0.39 is 0 Å². The van der Waals surface area contributed by atoms with Crippen molar-refractivity contribution in [1.82, 2.24) is 10.2 Å². The molecule has 0 aromatic carbocycles. The van der Waals surface area contributed by atoms with Crippen molar-refractivity contribution in [2.75, 3.05) is 27.2 Å². The van der Waals surface area contributed by atoms with Gasteiger partial charge in [-0.15, -0.1) is 11.3 Å². The van der Waals surface area contributed by atoms with Crippen LogP contribution in [0.5, 0.6) is 0 Å². The third kappa shape index (κ3) is 4.78. The van der Waals surface area contributed by atoms with E-state index >= 15 is 0 Å². The molecule has 0 fully saturated rings. The van der Waals surface area contributed by atoms with Crippen LogP contribution in [0, 0.1) is 0 Å². The Labute approximate surface area is 114 Å². The Morgan fingerprint density at radius 3 is 2.72 bits per heavy atom. The zero-order valence-corrected chi connectivity index (χ0v) is 12.6. The molecule has 0 bridgehead atoms. The second-order valence-corrected chi connectivity index (χ2v) is 6.38. The van der Waals surface area contributed by atoms with Gasteiger partial charge in [0.2, 0.25) is 5.91 Å². The maximum atomic E-state index is 11.4. The van der Waals surface area contributed by atoms with Gasteiger partial charge in [0.15, 0.2) is 0 Å². The van der Waals surface area contributed by atoms with E-state index in [1.165, 1.54) is 4.88 Å². The minimum absolute atomic E-state index is 0.166. The molecule has 18 heavy (non-hydrogen) atoms. The molecule has 1 rings (SSSR count). The minimum Gasteiger partial charge on any atom is -0.349 e. The Balaban J connectivity index is 2.20. The first-order valence-corrected chi connectivity index (χ1v) is 7.26. The standard InChI is InChI=1S/C14H24N2OS/c1-14(2,12-7-6-10-18-12)11-15-9-5-8-13(17)16(3)4/h6-7,10,15H,5,8-9,11H2,1-4H3. The fraction of sp³-hybridized carbons (Fsp3) is 0.643. The Bertz CT molecular complexity index is 358. The van der Waals surface area contributed by atoms with Crippen LogP contribution >= 0.6 is 11.3 Å². The van der Waals surface area contributed by atoms with Crippen LogP contribution in [0.1, 0.15) is 31.6 Å². The normalized spacial score (nSPS) is 11.6. The first-order valence-electron chi connectivity index (χ1n) is 6.38. The van der Waals surface area contributed by atoms with Crippen LogP contribution in [0.4, 0.5) is 0 Å². The molecule has 0 atom stereocenters. The molecular formula is C14H24N2OS. The summed E-state index contributed by atoms with van der Waals surface area (Å²) in [5, 5.41) is 5.56. The van der Waals surface area contributed by atoms with Crippen LogP contribution in [-0.2, 0) is 10.2 Å². The van der Waals surface area contributed by atoms with Crippen LogP contribution in [-0.4, -0.2) is 38.0 Å². The Morgan fingerprint density at radius 1 is 1.44 bits per heavy atom. The molecule has 0 saturated carbocycles. The van der Waals surface area contributed by atoms with Crippen molar-refractivity contribution < 1.29 is 4.79 Å². The predicted molar refractivity (Wildman–Crippen MR) is 78.1 cm³/mol. The van der Waals surface area contributed by atoms with Gasteiger partial charge in [0.1, 0.15) is 0 Å². The summed E-state index contributed by atoms with van der Waals surface area (Å²) in [6.45, 7) is 6.34. The first-order chi connectivity index (χ1) is 8.43. The molecule has 1 heterocycles. The smallest absolute Gasteiger partial charge is 0.222 e. The van der Waals surface area contributed by atoms with Gasteiger partial charge in [-0.2, -0.15) is 0 Å². The average molecular weight is 268 g/mol. The summed E-state index contributed by atoms with van der Waals surface area (Å²) in [5.74, 6) is 0.203. The van der Waals surface area contributed by atoms with Crippen LogP contribution in [0.15, 0.2) is 17.5 Å². The summed E-state index contributed by atoms with van der Waals surface area (Å²) in [7, 11) is 3.60. The zero-order valence-electron chi connectivity index (χ0n) is 11.8. The van der Waals surface area contributed by atoms with Crippen molar-refractivity contribution in [2.45, 2.75) is 32.1 Å². The van der Waals surface area contributed by atoms with Crippen molar-refractivity contribution in [1.29, 1.82) is 0 Å². The number of nitrogens with zero attached hydrogens (tertiary/aromatic N) is 1. The third-order valence-electron chi connectivity index (χ3n) is 3.00. The summed E-state index contributed by atoms with van der Waals surface area (Å²) >= 11 is 1.80. The number of hydrogen-bond donors (Lipinski definition) is 1. The molecule has 0 spiro atoms. The zero-order chi connectivity index (χ0) is 13.6. The van der Waals surface area contributed by atoms with E-state index in [9.17, 15) is 4.79 Å². The van der Waals surface area contributed by atoms with E-state index in [1.807, 2.05) is 0 Å². The van der Waals surface area contributed by atoms with Gasteiger partial charge in [-0.05, 0) is 24.4 Å². The molecule has 3 nitrogen and oxygen atoms in total. The van der Waals surface area contributed by atoms with E-state index in [4.69, 9.17) is 0 Å². The second kappa shape index (κ2) is 6.90. The monoisotopic (exact) mass is 268 g/mol. The second-order valence-electron chi connectivity index (χ2n) is 5.43. The van der Waals surface area contributed by atoms with E-state index in [0.717, 1.165) is 19.5 Å². The number of hydrogen-bond acceptors (Lipinski definition) is 3. The average Bonchev–Trinajstić information content (AvgIpc) is 2.82. The lowest BCUT2D eigenvalue weighted by Crippen LogP contribution is -2.33. The van der Waals surface area contributed by atoms with Crippen LogP contribution in [0.3, 0.4) is 0 Å². The molecule has 0 aliphatic rings. The lowest BCUT2D eigenvalue weighted by molar-refractivity contribution is -0.128. The maximum absolute atomic E-state index is 11.4. The number of carbonyl (C=O) groups excluding carboxylic acids is 1. The van der Waals surface area contributed by atoms with Crippen molar-refractivity contribution in [3.63, 3.8) is 0 Å². The molecule has 0 unspecified atom stereocenters. The highest BCUT2D eigenvalue weighted by atomic mass is 32.1. The molecule has 1 aromatic heterocycles. The number of rotatable bonds is 7. The van der Waals surface area contributed by atoms with E-state index in [-0.39, 0.29) is 11.3 Å². The number of carbonyl (C=O) groups is 1. The van der Waals surface area contributed by atoms with Crippen molar-refractivity contribution >= 4 is 17.2 Å². The van der Waals surface area contributed by atoms with Gasteiger partial charge in [0.25, 0.3) is 0 Å². The van der Waals surface area contributed by atoms with Gasteiger partial charge in [0, 0.05) is 37.4 Å². The fourth-order valence-electron chi connectivity index (χ4n) is 1.74. The highest BCUT2D eigenvalue weighted by Gasteiger charge is 2.20. The predicted octanol–water partition coefficient (Wildman–Crippen LogP) is 2.48. The summed E-state index contributed by atoms with van der Waals surface area (Å²) in [5.41, 5.74) is 0.166. The number of nitrogens with one attached hydrogen (secondary N) is 1. The maximum Gasteiger partial charge on any atom is 0.222 e. The van der Waals surface area contributed by atoms with Gasteiger partial charge < -0.3 is 10.2 Å². The fourth-order valence-corrected chi connectivity index (χ4v) is 2.59. The molecule has 0 aliphatic heterocycles. The molecule has 0 aliphatic carbocycles. The minimum atomic E-state index is 0.166. The van der Waals surface area contributed by atoms with Gasteiger partial charge >= 0.3 is 0 Å². The lowest BCUT2D eigenvalue weighted by Gasteiger charge is -2.23. The summed E-state index contributed by atoms with van der Waals surface area (Å²) < 4.78 is 0. The van der Waals surface area contributed by atoms with Gasteiger partial charge in [0.05, 0.1) is 0 Å². The summed E-state index contributed by atoms with van der Waals surface area (Å²) in [6, 6.07) is 4.28. The lowest BCUT2D eigenvalue weighted by atomic mass is 9.91. The van der Waals surface area contributed by atoms with E-state index in [0.29, 0.717) is 6.42 Å². The van der Waals surface area contributed by atoms with Crippen LogP contribution < -0.4 is 5.32 Å². The summed E-state index contributed by atoms with van der Waals surface area (Å²) in [4.78, 5) is 14.4. The molecule has 1 aromatic rings. The Kier molecular flexibility index (Phi) is 5.82. The van der Waals surface area contributed by atoms with Gasteiger partial charge in [-0.3, -0.25) is 4.79 Å². The third-order valence-corrected chi connectivity index (χ3v) is 4.23. The number of thiophene rings is 1. The first kappa shape index (κ1) is 15.2. The van der Waals surface area contributed by atoms with Crippen molar-refractivity contribution in [2.24, 2.45) is 0 Å². The quantitative estimate of drug-likeness (QED) is 0.771. The molecule has 0 radical (unpaired) electrons. The van der Waals surface area contributed by atoms with Crippen molar-refractivity contribution in [3.8, 4) is 0 Å². The van der Waals surface area contributed by atoms with E-state index in [1.54, 1.807) is 30.3 Å². The highest BCUT2D eigenvalue weighted by molar-refractivity contribution is 7.10. The molecule has 1 amide bonds. The highest BCUT2D eigenvalue weighted by Crippen LogP contribution is 2.26. The SMILES string of the molecule is CN(C)C(=O)CCCNCC(C)(C)c1cccs1. The van der Waals surface area contributed by atoms with Crippen LogP contribution in [0.25, 0.3) is 0 Å². The number of amides is 1. The van der Waals surface area contributed by atoms with E-state index in [2.05, 4.69) is 36.7 Å². The van der Waals surface area contributed by atoms with Gasteiger partial charge in [-0.1, -0.05) is 19.9 Å².